The molecule has 3 aliphatic rings. The van der Waals surface area contributed by atoms with Crippen LogP contribution in [0, 0.1) is 11.8 Å². The molecule has 0 bridgehead atoms. The fourth-order valence-corrected chi connectivity index (χ4v) is 8.08. The predicted molar refractivity (Wildman–Crippen MR) is 183 cm³/mol. The van der Waals surface area contributed by atoms with Crippen molar-refractivity contribution in [1.82, 2.24) is 25.6 Å². The number of nitrogens with one attached hydrogen (secondary N) is 2. The highest BCUT2D eigenvalue weighted by Gasteiger charge is 2.43. The number of ether oxygens (including phenoxy) is 3. The van der Waals surface area contributed by atoms with E-state index in [1.165, 1.54) is 6.42 Å². The Bertz CT molecular complexity index is 1230. The first kappa shape index (κ1) is 36.8. The van der Waals surface area contributed by atoms with E-state index in [9.17, 15) is 9.59 Å². The Morgan fingerprint density at radius 1 is 0.660 bits per heavy atom. The summed E-state index contributed by atoms with van der Waals surface area (Å²) < 4.78 is 17.3. The van der Waals surface area contributed by atoms with Gasteiger partial charge in [-0.15, -0.1) is 0 Å². The van der Waals surface area contributed by atoms with Gasteiger partial charge in [0, 0.05) is 34.0 Å². The lowest BCUT2D eigenvalue weighted by molar-refractivity contribution is -0.136. The molecule has 12 heteroatoms. The molecule has 0 unspecified atom stereocenters. The number of esters is 2. The SMILES string of the molecule is CCOC(=O)C(=Nc1nc(N=C(C(=O)OCC)C2CC(C)(C)NC(C)(C)C2)nc(OC2CCCCC2)n1)C1CC(C)(C)NC(C)(C)C1. The van der Waals surface area contributed by atoms with Gasteiger partial charge in [0.05, 0.1) is 13.2 Å². The van der Waals surface area contributed by atoms with E-state index < -0.39 is 11.9 Å². The van der Waals surface area contributed by atoms with E-state index in [4.69, 9.17) is 24.2 Å². The molecule has 4 rings (SSSR count). The van der Waals surface area contributed by atoms with E-state index in [0.717, 1.165) is 25.7 Å². The zero-order valence-electron chi connectivity index (χ0n) is 30.3. The lowest BCUT2D eigenvalue weighted by Gasteiger charge is -2.46. The maximum Gasteiger partial charge on any atom is 0.353 e. The van der Waals surface area contributed by atoms with E-state index in [2.05, 4.69) is 81.0 Å². The Balaban J connectivity index is 1.84. The molecule has 1 aromatic rings. The fourth-order valence-electron chi connectivity index (χ4n) is 8.08. The topological polar surface area (TPSA) is 149 Å². The number of piperidine rings is 2. The summed E-state index contributed by atoms with van der Waals surface area (Å²) >= 11 is 0. The third-order valence-corrected chi connectivity index (χ3v) is 8.98. The van der Waals surface area contributed by atoms with Crippen LogP contribution < -0.4 is 15.4 Å². The minimum atomic E-state index is -0.502. The first-order valence-electron chi connectivity index (χ1n) is 17.4. The monoisotopic (exact) mass is 655 g/mol. The summed E-state index contributed by atoms with van der Waals surface area (Å²) in [4.78, 5) is 50.2. The van der Waals surface area contributed by atoms with E-state index >= 15 is 0 Å². The van der Waals surface area contributed by atoms with E-state index in [-0.39, 0.29) is 82.6 Å². The van der Waals surface area contributed by atoms with Crippen molar-refractivity contribution in [1.29, 1.82) is 0 Å². The number of hydrogen-bond donors (Lipinski definition) is 2. The van der Waals surface area contributed by atoms with Gasteiger partial charge in [0.1, 0.15) is 17.5 Å². The largest absolute Gasteiger partial charge is 0.461 e. The summed E-state index contributed by atoms with van der Waals surface area (Å²) in [7, 11) is 0. The summed E-state index contributed by atoms with van der Waals surface area (Å²) in [5.41, 5.74) is -0.454. The molecule has 262 valence electrons. The standard InChI is InChI=1S/C35H57N7O5/c1-11-45-27(43)25(22-18-32(3,4)41-33(5,6)19-22)36-29-38-30(40-31(39-29)47-24-16-14-13-15-17-24)37-26(28(44)46-12-2)23-20-34(7,8)42-35(9,10)21-23/h22-24,41-42H,11-21H2,1-10H3. The Labute approximate surface area is 280 Å². The second-order valence-electron chi connectivity index (χ2n) is 16.0. The van der Waals surface area contributed by atoms with Gasteiger partial charge in [-0.3, -0.25) is 0 Å². The maximum absolute atomic E-state index is 13.5. The van der Waals surface area contributed by atoms with Gasteiger partial charge < -0.3 is 24.8 Å². The predicted octanol–water partition coefficient (Wildman–Crippen LogP) is 5.97. The van der Waals surface area contributed by atoms with Crippen LogP contribution >= 0.6 is 0 Å². The number of carbonyl (C=O) groups is 2. The normalized spacial score (nSPS) is 23.6. The Hall–Kier alpha value is -2.99. The zero-order valence-corrected chi connectivity index (χ0v) is 30.3. The van der Waals surface area contributed by atoms with E-state index in [1.54, 1.807) is 13.8 Å². The Morgan fingerprint density at radius 3 is 1.40 bits per heavy atom. The minimum absolute atomic E-state index is 0.00376. The highest BCUT2D eigenvalue weighted by atomic mass is 16.5. The van der Waals surface area contributed by atoms with Gasteiger partial charge in [-0.05, 0) is 121 Å². The first-order chi connectivity index (χ1) is 21.9. The molecule has 1 aromatic heterocycles. The molecule has 3 heterocycles. The summed E-state index contributed by atoms with van der Waals surface area (Å²) in [6, 6.07) is 0.0766. The van der Waals surface area contributed by atoms with Crippen molar-refractivity contribution < 1.29 is 23.8 Å². The van der Waals surface area contributed by atoms with Gasteiger partial charge in [-0.25, -0.2) is 19.6 Å². The van der Waals surface area contributed by atoms with Crippen molar-refractivity contribution in [2.24, 2.45) is 21.8 Å². The zero-order chi connectivity index (χ0) is 34.6. The summed E-state index contributed by atoms with van der Waals surface area (Å²) in [6.07, 6.45) is 7.71. The number of hydrogen-bond acceptors (Lipinski definition) is 12. The number of aliphatic imine (C=N–C) groups is 2. The second kappa shape index (κ2) is 14.6. The molecule has 12 nitrogen and oxygen atoms in total. The van der Waals surface area contributed by atoms with Gasteiger partial charge in [-0.2, -0.15) is 15.0 Å². The van der Waals surface area contributed by atoms with Gasteiger partial charge in [0.15, 0.2) is 0 Å². The molecule has 1 aliphatic carbocycles. The summed E-state index contributed by atoms with van der Waals surface area (Å²) in [5.74, 6) is -1.43. The van der Waals surface area contributed by atoms with Crippen molar-refractivity contribution in [3.8, 4) is 6.01 Å². The molecule has 1 saturated carbocycles. The van der Waals surface area contributed by atoms with Crippen LogP contribution in [-0.2, 0) is 19.1 Å². The third kappa shape index (κ3) is 10.5. The fraction of sp³-hybridized carbons (Fsp3) is 0.800. The van der Waals surface area contributed by atoms with E-state index in [0.29, 0.717) is 25.7 Å². The quantitative estimate of drug-likeness (QED) is 0.228. The van der Waals surface area contributed by atoms with Gasteiger partial charge >= 0.3 is 17.9 Å². The van der Waals surface area contributed by atoms with Crippen LogP contribution in [0.1, 0.15) is 127 Å². The maximum atomic E-state index is 13.5. The highest BCUT2D eigenvalue weighted by molar-refractivity contribution is 6.38. The van der Waals surface area contributed by atoms with Gasteiger partial charge in [-0.1, -0.05) is 6.42 Å². The Morgan fingerprint density at radius 2 is 1.04 bits per heavy atom. The van der Waals surface area contributed by atoms with Crippen molar-refractivity contribution in [3.05, 3.63) is 0 Å². The molecular weight excluding hydrogens is 598 g/mol. The van der Waals surface area contributed by atoms with Gasteiger partial charge in [0.2, 0.25) is 0 Å². The average Bonchev–Trinajstić information content (AvgIpc) is 2.92. The van der Waals surface area contributed by atoms with Crippen LogP contribution in [0.15, 0.2) is 9.98 Å². The lowest BCUT2D eigenvalue weighted by Crippen LogP contribution is -2.59. The number of rotatable bonds is 10. The van der Waals surface area contributed by atoms with Crippen molar-refractivity contribution in [2.45, 2.75) is 155 Å². The molecule has 2 saturated heterocycles. The number of aromatic nitrogens is 3. The van der Waals surface area contributed by atoms with Crippen molar-refractivity contribution in [2.75, 3.05) is 13.2 Å². The molecule has 2 N–H and O–H groups in total. The smallest absolute Gasteiger partial charge is 0.353 e. The molecule has 3 fully saturated rings. The van der Waals surface area contributed by atoms with E-state index in [1.807, 2.05) is 0 Å². The first-order valence-corrected chi connectivity index (χ1v) is 17.4. The van der Waals surface area contributed by atoms with Crippen LogP contribution in [0.25, 0.3) is 0 Å². The number of carbonyl (C=O) groups excluding carboxylic acids is 2. The summed E-state index contributed by atoms with van der Waals surface area (Å²) in [5, 5.41) is 7.33. The molecule has 47 heavy (non-hydrogen) atoms. The summed E-state index contributed by atoms with van der Waals surface area (Å²) in [6.45, 7) is 20.9. The van der Waals surface area contributed by atoms with Crippen LogP contribution in [0.4, 0.5) is 11.9 Å². The Kier molecular flexibility index (Phi) is 11.5. The molecule has 0 spiro atoms. The molecule has 0 radical (unpaired) electrons. The molecule has 0 aromatic carbocycles. The van der Waals surface area contributed by atoms with Crippen molar-refractivity contribution in [3.63, 3.8) is 0 Å². The third-order valence-electron chi connectivity index (χ3n) is 8.98. The molecule has 0 atom stereocenters. The van der Waals surface area contributed by atoms with Crippen LogP contribution in [0.5, 0.6) is 6.01 Å². The lowest BCUT2D eigenvalue weighted by atomic mass is 9.74. The van der Waals surface area contributed by atoms with Gasteiger partial charge in [0.25, 0.3) is 11.9 Å². The molecule has 0 amide bonds. The van der Waals surface area contributed by atoms with Crippen molar-refractivity contribution >= 4 is 35.3 Å². The van der Waals surface area contributed by atoms with Crippen LogP contribution in [0.2, 0.25) is 0 Å². The highest BCUT2D eigenvalue weighted by Crippen LogP contribution is 2.36. The minimum Gasteiger partial charge on any atom is -0.461 e. The molecular formula is C35H57N7O5. The number of nitrogens with zero attached hydrogens (tertiary/aromatic N) is 5. The van der Waals surface area contributed by atoms with Crippen LogP contribution in [0.3, 0.4) is 0 Å². The average molecular weight is 656 g/mol. The molecule has 2 aliphatic heterocycles. The second-order valence-corrected chi connectivity index (χ2v) is 16.0. The van der Waals surface area contributed by atoms with Crippen LogP contribution in [-0.4, -0.2) is 79.8 Å².